The van der Waals surface area contributed by atoms with Crippen molar-refractivity contribution < 1.29 is 24.8 Å². The van der Waals surface area contributed by atoms with Crippen LogP contribution in [0.2, 0.25) is 0 Å². The van der Waals surface area contributed by atoms with Crippen LogP contribution in [0.3, 0.4) is 0 Å². The molecule has 3 heterocycles. The molecule has 2 aromatic heterocycles. The normalized spacial score (nSPS) is 22.2. The van der Waals surface area contributed by atoms with Gasteiger partial charge in [-0.25, -0.2) is 9.97 Å². The zero-order valence-electron chi connectivity index (χ0n) is 18.4. The molecule has 0 spiro atoms. The Balaban J connectivity index is 1.49. The van der Waals surface area contributed by atoms with Crippen molar-refractivity contribution in [2.75, 3.05) is 11.9 Å². The minimum absolute atomic E-state index is 0.346. The van der Waals surface area contributed by atoms with Gasteiger partial charge in [-0.2, -0.15) is 0 Å². The highest BCUT2D eigenvalue weighted by atomic mass is 16.6. The Morgan fingerprint density at radius 2 is 1.68 bits per heavy atom. The Labute approximate surface area is 196 Å². The molecule has 2 aromatic carbocycles. The quantitative estimate of drug-likeness (QED) is 0.315. The van der Waals surface area contributed by atoms with Gasteiger partial charge < -0.3 is 30.1 Å². The number of pyridine rings is 1. The van der Waals surface area contributed by atoms with Crippen molar-refractivity contribution in [1.29, 1.82) is 0 Å². The summed E-state index contributed by atoms with van der Waals surface area (Å²) in [6, 6.07) is 21.5. The molecule has 4 N–H and O–H groups in total. The van der Waals surface area contributed by atoms with Crippen molar-refractivity contribution in [3.8, 4) is 5.75 Å². The molecule has 1 aliphatic heterocycles. The number of aliphatic hydroxyl groups is 3. The van der Waals surface area contributed by atoms with Gasteiger partial charge in [0.05, 0.1) is 12.9 Å². The summed E-state index contributed by atoms with van der Waals surface area (Å²) >= 11 is 0. The van der Waals surface area contributed by atoms with E-state index in [4.69, 9.17) is 14.5 Å². The first-order chi connectivity index (χ1) is 16.6. The number of anilines is 1. The fourth-order valence-electron chi connectivity index (χ4n) is 4.00. The van der Waals surface area contributed by atoms with Crippen LogP contribution in [0.15, 0.2) is 73.1 Å². The lowest BCUT2D eigenvalue weighted by molar-refractivity contribution is -0.0511. The molecule has 0 amide bonds. The second-order valence-corrected chi connectivity index (χ2v) is 8.17. The number of nitrogens with one attached hydrogen (secondary N) is 1. The monoisotopic (exact) mass is 462 g/mol. The van der Waals surface area contributed by atoms with E-state index in [0.717, 1.165) is 11.1 Å². The van der Waals surface area contributed by atoms with E-state index in [1.807, 2.05) is 60.7 Å². The molecule has 176 valence electrons. The summed E-state index contributed by atoms with van der Waals surface area (Å²) < 4.78 is 13.4. The Morgan fingerprint density at radius 3 is 2.35 bits per heavy atom. The molecular weight excluding hydrogens is 436 g/mol. The third kappa shape index (κ3) is 4.46. The van der Waals surface area contributed by atoms with Crippen LogP contribution in [-0.2, 0) is 17.9 Å². The van der Waals surface area contributed by atoms with E-state index in [1.165, 1.54) is 6.33 Å². The molecule has 0 aliphatic carbocycles. The second kappa shape index (κ2) is 9.78. The number of ether oxygens (including phenoxy) is 2. The zero-order chi connectivity index (χ0) is 23.5. The fourth-order valence-corrected chi connectivity index (χ4v) is 4.00. The molecule has 0 unspecified atom stereocenters. The number of fused-ring (bicyclic) bond motifs is 1. The van der Waals surface area contributed by atoms with E-state index in [2.05, 4.69) is 10.3 Å². The Hall–Kier alpha value is -3.50. The summed E-state index contributed by atoms with van der Waals surface area (Å²) in [7, 11) is 0. The smallest absolute Gasteiger partial charge is 0.168 e. The standard InChI is InChI=1S/C25H26N4O5/c30-13-19-22(31)23(32)25(34-19)29-15-27-21-18(33-14-17-9-5-2-6-10-17)11-20(28-24(21)29)26-12-16-7-3-1-4-8-16/h1-11,15,19,22-23,25,30-32H,12-14H2,(H,26,28)/t19-,22-,23-,25-/m1/s1. The van der Waals surface area contributed by atoms with Crippen molar-refractivity contribution in [3.05, 3.63) is 84.2 Å². The van der Waals surface area contributed by atoms with Crippen LogP contribution in [0.25, 0.3) is 11.2 Å². The number of aliphatic hydroxyl groups excluding tert-OH is 3. The molecule has 4 aromatic rings. The van der Waals surface area contributed by atoms with Crippen LogP contribution in [0, 0.1) is 0 Å². The van der Waals surface area contributed by atoms with Crippen LogP contribution in [0.5, 0.6) is 5.75 Å². The molecule has 34 heavy (non-hydrogen) atoms. The number of imidazole rings is 1. The van der Waals surface area contributed by atoms with Crippen LogP contribution >= 0.6 is 0 Å². The van der Waals surface area contributed by atoms with E-state index in [0.29, 0.717) is 35.9 Å². The molecule has 9 nitrogen and oxygen atoms in total. The van der Waals surface area contributed by atoms with Crippen molar-refractivity contribution in [2.24, 2.45) is 0 Å². The van der Waals surface area contributed by atoms with E-state index in [9.17, 15) is 15.3 Å². The Bertz CT molecular complexity index is 1230. The number of nitrogens with zero attached hydrogens (tertiary/aromatic N) is 3. The van der Waals surface area contributed by atoms with E-state index in [-0.39, 0.29) is 0 Å². The fraction of sp³-hybridized carbons (Fsp3) is 0.280. The van der Waals surface area contributed by atoms with Gasteiger partial charge in [0.15, 0.2) is 17.6 Å². The average molecular weight is 463 g/mol. The molecule has 0 radical (unpaired) electrons. The Kier molecular flexibility index (Phi) is 6.41. The molecule has 4 atom stereocenters. The molecule has 1 saturated heterocycles. The van der Waals surface area contributed by atoms with Gasteiger partial charge in [0.1, 0.15) is 36.3 Å². The highest BCUT2D eigenvalue weighted by Crippen LogP contribution is 2.34. The number of benzene rings is 2. The minimum atomic E-state index is -1.24. The number of hydrogen-bond donors (Lipinski definition) is 4. The third-order valence-corrected chi connectivity index (χ3v) is 5.84. The first-order valence-electron chi connectivity index (χ1n) is 11.1. The van der Waals surface area contributed by atoms with Gasteiger partial charge in [-0.1, -0.05) is 60.7 Å². The molecule has 9 heteroatoms. The molecule has 0 bridgehead atoms. The second-order valence-electron chi connectivity index (χ2n) is 8.17. The Morgan fingerprint density at radius 1 is 0.971 bits per heavy atom. The van der Waals surface area contributed by atoms with Gasteiger partial charge in [-0.05, 0) is 11.1 Å². The summed E-state index contributed by atoms with van der Waals surface area (Å²) in [6.07, 6.45) is -2.82. The van der Waals surface area contributed by atoms with Crippen LogP contribution in [-0.4, -0.2) is 54.8 Å². The van der Waals surface area contributed by atoms with Gasteiger partial charge in [-0.15, -0.1) is 0 Å². The van der Waals surface area contributed by atoms with Crippen molar-refractivity contribution in [3.63, 3.8) is 0 Å². The summed E-state index contributed by atoms with van der Waals surface area (Å²) in [6.45, 7) is 0.488. The maximum absolute atomic E-state index is 10.5. The average Bonchev–Trinajstić information content (AvgIpc) is 3.43. The number of rotatable bonds is 8. The molecule has 0 saturated carbocycles. The van der Waals surface area contributed by atoms with E-state index in [1.54, 1.807) is 10.6 Å². The lowest BCUT2D eigenvalue weighted by Gasteiger charge is -2.17. The minimum Gasteiger partial charge on any atom is -0.486 e. The SMILES string of the molecule is OC[C@H]1O[C@@H](n2cnc3c(OCc4ccccc4)cc(NCc4ccccc4)nc32)[C@H](O)[C@@H]1O. The van der Waals surface area contributed by atoms with Gasteiger partial charge in [0.2, 0.25) is 0 Å². The molecule has 1 aliphatic rings. The van der Waals surface area contributed by atoms with Crippen LogP contribution in [0.4, 0.5) is 5.82 Å². The summed E-state index contributed by atoms with van der Waals surface area (Å²) in [4.78, 5) is 9.15. The van der Waals surface area contributed by atoms with E-state index >= 15 is 0 Å². The maximum Gasteiger partial charge on any atom is 0.168 e. The molecule has 1 fully saturated rings. The molecular formula is C25H26N4O5. The number of hydrogen-bond acceptors (Lipinski definition) is 8. The van der Waals surface area contributed by atoms with Gasteiger partial charge in [0.25, 0.3) is 0 Å². The summed E-state index contributed by atoms with van der Waals surface area (Å²) in [5, 5.41) is 33.5. The lowest BCUT2D eigenvalue weighted by atomic mass is 10.1. The lowest BCUT2D eigenvalue weighted by Crippen LogP contribution is -2.33. The van der Waals surface area contributed by atoms with E-state index < -0.39 is 31.1 Å². The van der Waals surface area contributed by atoms with Gasteiger partial charge in [-0.3, -0.25) is 4.57 Å². The van der Waals surface area contributed by atoms with Crippen molar-refractivity contribution in [2.45, 2.75) is 37.7 Å². The highest BCUT2D eigenvalue weighted by molar-refractivity contribution is 5.81. The predicted molar refractivity (Wildman–Crippen MR) is 125 cm³/mol. The van der Waals surface area contributed by atoms with Gasteiger partial charge in [0, 0.05) is 12.6 Å². The topological polar surface area (TPSA) is 122 Å². The van der Waals surface area contributed by atoms with Crippen molar-refractivity contribution >= 4 is 17.0 Å². The van der Waals surface area contributed by atoms with Gasteiger partial charge >= 0.3 is 0 Å². The first kappa shape index (κ1) is 22.3. The predicted octanol–water partition coefficient (Wildman–Crippen LogP) is 2.23. The summed E-state index contributed by atoms with van der Waals surface area (Å²) in [5.41, 5.74) is 3.03. The first-order valence-corrected chi connectivity index (χ1v) is 11.1. The van der Waals surface area contributed by atoms with Crippen molar-refractivity contribution in [1.82, 2.24) is 14.5 Å². The highest BCUT2D eigenvalue weighted by Gasteiger charge is 2.44. The third-order valence-electron chi connectivity index (χ3n) is 5.84. The number of aromatic nitrogens is 3. The maximum atomic E-state index is 10.5. The zero-order valence-corrected chi connectivity index (χ0v) is 18.4. The van der Waals surface area contributed by atoms with Crippen LogP contribution in [0.1, 0.15) is 17.4 Å². The van der Waals surface area contributed by atoms with Crippen LogP contribution < -0.4 is 10.1 Å². The molecule has 5 rings (SSSR count). The largest absolute Gasteiger partial charge is 0.486 e. The summed E-state index contributed by atoms with van der Waals surface area (Å²) in [5.74, 6) is 1.09.